The van der Waals surface area contributed by atoms with Crippen LogP contribution >= 0.6 is 0 Å². The fourth-order valence-electron chi connectivity index (χ4n) is 6.17. The summed E-state index contributed by atoms with van der Waals surface area (Å²) < 4.78 is 0. The van der Waals surface area contributed by atoms with Crippen molar-refractivity contribution in [2.75, 3.05) is 19.0 Å². The van der Waals surface area contributed by atoms with Crippen LogP contribution in [0.3, 0.4) is 0 Å². The fourth-order valence-corrected chi connectivity index (χ4v) is 6.17. The first-order chi connectivity index (χ1) is 18.3. The highest BCUT2D eigenvalue weighted by Gasteiger charge is 2.59. The Morgan fingerprint density at radius 2 is 1.69 bits per heavy atom. The van der Waals surface area contributed by atoms with Crippen molar-refractivity contribution >= 4 is 28.9 Å². The Morgan fingerprint density at radius 3 is 2.26 bits per heavy atom. The van der Waals surface area contributed by atoms with Gasteiger partial charge in [0.15, 0.2) is 17.2 Å². The van der Waals surface area contributed by atoms with Gasteiger partial charge in [0, 0.05) is 48.8 Å². The third kappa shape index (κ3) is 3.66. The number of aliphatic hydroxyl groups is 3. The van der Waals surface area contributed by atoms with Gasteiger partial charge in [-0.05, 0) is 42.9 Å². The summed E-state index contributed by atoms with van der Waals surface area (Å²) in [5.74, 6) is -6.79. The lowest BCUT2D eigenvalue weighted by atomic mass is 9.60. The zero-order chi connectivity index (χ0) is 28.5. The van der Waals surface area contributed by atoms with Crippen LogP contribution in [0, 0.1) is 11.8 Å². The molecule has 0 saturated carbocycles. The monoisotopic (exact) mass is 532 g/mol. The molecular weight excluding hydrogens is 504 g/mol. The van der Waals surface area contributed by atoms with Gasteiger partial charge in [-0.1, -0.05) is 24.3 Å². The molecule has 3 atom stereocenters. The number of phenolic OH excluding ortho intramolecular Hbond substituents is 1. The Kier molecular flexibility index (Phi) is 5.91. The second kappa shape index (κ2) is 8.81. The molecule has 10 nitrogen and oxygen atoms in total. The van der Waals surface area contributed by atoms with Crippen molar-refractivity contribution in [3.8, 4) is 16.9 Å². The molecule has 3 aliphatic carbocycles. The van der Waals surface area contributed by atoms with Gasteiger partial charge in [0.2, 0.25) is 5.78 Å². The largest absolute Gasteiger partial charge is 0.511 e. The summed E-state index contributed by atoms with van der Waals surface area (Å²) in [4.78, 5) is 52.5. The highest BCUT2D eigenvalue weighted by atomic mass is 16.3. The lowest BCUT2D eigenvalue weighted by molar-refractivity contribution is -0.144. The van der Waals surface area contributed by atoms with Crippen molar-refractivity contribution < 1.29 is 39.6 Å². The molecule has 5 rings (SSSR count). The number of hydrogen-bond donors (Lipinski definition) is 5. The van der Waals surface area contributed by atoms with E-state index in [-0.39, 0.29) is 41.9 Å². The van der Waals surface area contributed by atoms with Crippen LogP contribution in [0.5, 0.6) is 5.75 Å². The molecule has 10 heteroatoms. The molecule has 0 spiro atoms. The molecule has 2 aromatic carbocycles. The van der Waals surface area contributed by atoms with Gasteiger partial charge in [0.1, 0.15) is 22.8 Å². The number of aliphatic hydroxyl groups excluding tert-OH is 2. The average Bonchev–Trinajstić information content (AvgIpc) is 2.86. The van der Waals surface area contributed by atoms with Crippen LogP contribution in [0.25, 0.3) is 11.1 Å². The van der Waals surface area contributed by atoms with Crippen molar-refractivity contribution in [1.29, 1.82) is 0 Å². The molecule has 0 aliphatic heterocycles. The number of aromatic hydroxyl groups is 1. The van der Waals surface area contributed by atoms with E-state index in [9.17, 15) is 39.6 Å². The minimum absolute atomic E-state index is 0.0603. The highest BCUT2D eigenvalue weighted by Crippen LogP contribution is 2.53. The number of fused-ring (bicyclic) bond motifs is 3. The van der Waals surface area contributed by atoms with Gasteiger partial charge in [-0.2, -0.15) is 0 Å². The molecule has 0 heterocycles. The normalized spacial score (nSPS) is 24.2. The van der Waals surface area contributed by atoms with Gasteiger partial charge in [0.05, 0.1) is 5.56 Å². The first-order valence-corrected chi connectivity index (χ1v) is 12.4. The van der Waals surface area contributed by atoms with Gasteiger partial charge >= 0.3 is 0 Å². The van der Waals surface area contributed by atoms with Crippen molar-refractivity contribution in [3.63, 3.8) is 0 Å². The highest BCUT2D eigenvalue weighted by molar-refractivity contribution is 6.24. The van der Waals surface area contributed by atoms with Crippen LogP contribution in [-0.4, -0.2) is 63.4 Å². The average molecular weight is 533 g/mol. The van der Waals surface area contributed by atoms with Crippen LogP contribution in [0.1, 0.15) is 46.0 Å². The Morgan fingerprint density at radius 1 is 1.05 bits per heavy atom. The Hall–Kier alpha value is -4.44. The number of ketones is 3. The topological polar surface area (TPSA) is 178 Å². The molecule has 0 bridgehead atoms. The zero-order valence-corrected chi connectivity index (χ0v) is 21.6. The van der Waals surface area contributed by atoms with E-state index in [1.54, 1.807) is 49.3 Å². The van der Waals surface area contributed by atoms with Crippen LogP contribution in [0.2, 0.25) is 0 Å². The minimum atomic E-state index is -2.62. The maximum Gasteiger partial charge on any atom is 0.255 e. The summed E-state index contributed by atoms with van der Waals surface area (Å²) in [5.41, 5.74) is 4.09. The van der Waals surface area contributed by atoms with Gasteiger partial charge in [0.25, 0.3) is 5.91 Å². The summed E-state index contributed by atoms with van der Waals surface area (Å²) >= 11 is 0. The number of anilines is 1. The van der Waals surface area contributed by atoms with E-state index in [2.05, 4.69) is 0 Å². The number of benzene rings is 2. The summed E-state index contributed by atoms with van der Waals surface area (Å²) in [6.07, 6.45) is -0.0137. The number of nitrogens with zero attached hydrogens (tertiary/aromatic N) is 1. The third-order valence-electron chi connectivity index (χ3n) is 8.12. The van der Waals surface area contributed by atoms with Gasteiger partial charge in [-0.25, -0.2) is 0 Å². The Bertz CT molecular complexity index is 1550. The van der Waals surface area contributed by atoms with E-state index in [0.29, 0.717) is 27.9 Å². The molecule has 0 unspecified atom stereocenters. The molecule has 39 heavy (non-hydrogen) atoms. The molecule has 3 aliphatic rings. The van der Waals surface area contributed by atoms with Crippen LogP contribution in [-0.2, 0) is 16.0 Å². The van der Waals surface area contributed by atoms with Crippen molar-refractivity contribution in [3.05, 3.63) is 69.7 Å². The van der Waals surface area contributed by atoms with Crippen LogP contribution in [0.4, 0.5) is 5.69 Å². The number of carbonyl (C=O) groups excluding carboxylic acids is 4. The molecule has 0 fully saturated rings. The molecule has 2 aromatic rings. The summed E-state index contributed by atoms with van der Waals surface area (Å²) in [7, 11) is 3.58. The van der Waals surface area contributed by atoms with Crippen molar-refractivity contribution in [1.82, 2.24) is 0 Å². The first-order valence-electron chi connectivity index (χ1n) is 12.4. The lowest BCUT2D eigenvalue weighted by Crippen LogP contribution is -2.57. The standard InChI is InChI=1S/C29H28N2O8/c1-12(32)13-4-6-14(7-5-13)17-11-19(31(2)3)18-9-15-8-16-10-20(33)23(28(30)38)27(37)29(16,39)26(36)21(15)25(35)22(18)24(17)34/h4-7,11,15-16,33-34,36,39H,8-10H2,1-3H3,(H2,30,38)/t15-,16+,29+/m1/s1. The SMILES string of the molecule is CC(=O)c1ccc(-c2cc(N(C)C)c3c(c2O)C(=O)C2=C(O)[C@]4(O)C(=O)C(C(N)=O)=C(O)C[C@@H]4C[C@@H]2C3)cc1. The Balaban J connectivity index is 1.70. The van der Waals surface area contributed by atoms with Crippen molar-refractivity contribution in [2.24, 2.45) is 17.6 Å². The molecule has 0 aromatic heterocycles. The van der Waals surface area contributed by atoms with E-state index in [0.717, 1.165) is 0 Å². The molecule has 6 N–H and O–H groups in total. The number of phenols is 1. The maximum absolute atomic E-state index is 14.0. The number of amides is 1. The number of nitrogens with two attached hydrogens (primary N) is 1. The van der Waals surface area contributed by atoms with E-state index in [1.807, 2.05) is 0 Å². The molecule has 202 valence electrons. The summed E-state index contributed by atoms with van der Waals surface area (Å²) in [5, 5.41) is 44.4. The van der Waals surface area contributed by atoms with Gasteiger partial charge < -0.3 is 31.1 Å². The summed E-state index contributed by atoms with van der Waals surface area (Å²) in [6, 6.07) is 8.29. The first kappa shape index (κ1) is 26.2. The van der Waals surface area contributed by atoms with Gasteiger partial charge in [-0.15, -0.1) is 0 Å². The smallest absolute Gasteiger partial charge is 0.255 e. The number of hydrogen-bond acceptors (Lipinski definition) is 9. The molecule has 0 radical (unpaired) electrons. The Labute approximate surface area is 223 Å². The minimum Gasteiger partial charge on any atom is -0.511 e. The number of primary amides is 1. The van der Waals surface area contributed by atoms with Crippen LogP contribution in [0.15, 0.2) is 53.0 Å². The maximum atomic E-state index is 14.0. The summed E-state index contributed by atoms with van der Waals surface area (Å²) in [6.45, 7) is 1.44. The molecular formula is C29H28N2O8. The van der Waals surface area contributed by atoms with E-state index < -0.39 is 52.0 Å². The van der Waals surface area contributed by atoms with E-state index in [4.69, 9.17) is 5.73 Å². The number of rotatable bonds is 4. The second-order valence-corrected chi connectivity index (χ2v) is 10.6. The molecule has 1 amide bonds. The van der Waals surface area contributed by atoms with E-state index >= 15 is 0 Å². The number of Topliss-reactive ketones (excluding diaryl/α,β-unsaturated/α-hetero) is 3. The number of carbonyl (C=O) groups is 4. The zero-order valence-electron chi connectivity index (χ0n) is 21.6. The van der Waals surface area contributed by atoms with E-state index in [1.165, 1.54) is 6.92 Å². The predicted octanol–water partition coefficient (Wildman–Crippen LogP) is 2.52. The van der Waals surface area contributed by atoms with Crippen molar-refractivity contribution in [2.45, 2.75) is 31.8 Å². The number of allylic oxidation sites excluding steroid dienone is 2. The quantitative estimate of drug-likeness (QED) is 0.292. The van der Waals surface area contributed by atoms with Gasteiger partial charge in [-0.3, -0.25) is 19.2 Å². The second-order valence-electron chi connectivity index (χ2n) is 10.6. The fraction of sp³-hybridized carbons (Fsp3) is 0.310. The lowest BCUT2D eigenvalue weighted by Gasteiger charge is -2.46. The predicted molar refractivity (Wildman–Crippen MR) is 141 cm³/mol. The molecule has 0 saturated heterocycles. The van der Waals surface area contributed by atoms with Crippen LogP contribution < -0.4 is 10.6 Å². The third-order valence-corrected chi connectivity index (χ3v) is 8.12.